The summed E-state index contributed by atoms with van der Waals surface area (Å²) in [5.74, 6) is 2.16. The van der Waals surface area contributed by atoms with Gasteiger partial charge in [-0.1, -0.05) is 13.8 Å². The lowest BCUT2D eigenvalue weighted by Crippen LogP contribution is -2.38. The summed E-state index contributed by atoms with van der Waals surface area (Å²) in [6, 6.07) is 0. The molecule has 1 aliphatic rings. The van der Waals surface area contributed by atoms with Gasteiger partial charge in [-0.25, -0.2) is 4.79 Å². The smallest absolute Gasteiger partial charge is 0.429 e. The molecule has 0 saturated heterocycles. The van der Waals surface area contributed by atoms with Gasteiger partial charge < -0.3 is 9.47 Å². The lowest BCUT2D eigenvalue weighted by molar-refractivity contribution is -0.0757. The van der Waals surface area contributed by atoms with Crippen LogP contribution in [0.5, 0.6) is 0 Å². The number of hydrogen-bond donors (Lipinski definition) is 0. The van der Waals surface area contributed by atoms with Crippen molar-refractivity contribution in [1.29, 1.82) is 0 Å². The van der Waals surface area contributed by atoms with Crippen LogP contribution in [0.1, 0.15) is 67.2 Å². The number of ether oxygens (including phenoxy) is 2. The van der Waals surface area contributed by atoms with E-state index in [0.29, 0.717) is 5.92 Å². The Kier molecular flexibility index (Phi) is 4.68. The summed E-state index contributed by atoms with van der Waals surface area (Å²) in [5, 5.41) is 0. The quantitative estimate of drug-likeness (QED) is 0.681. The third-order valence-corrected chi connectivity index (χ3v) is 3.58. The summed E-state index contributed by atoms with van der Waals surface area (Å²) in [6.45, 7) is 11.9. The molecule has 0 aliphatic heterocycles. The summed E-state index contributed by atoms with van der Waals surface area (Å²) >= 11 is 0. The van der Waals surface area contributed by atoms with Crippen molar-refractivity contribution < 1.29 is 14.3 Å². The minimum atomic E-state index is -0.541. The first kappa shape index (κ1) is 15.3. The second-order valence-corrected chi connectivity index (χ2v) is 6.87. The minimum absolute atomic E-state index is 0.353. The van der Waals surface area contributed by atoms with Gasteiger partial charge in [0, 0.05) is 0 Å². The van der Waals surface area contributed by atoms with Crippen molar-refractivity contribution in [2.45, 2.75) is 78.4 Å². The van der Waals surface area contributed by atoms with Crippen LogP contribution in [0.3, 0.4) is 0 Å². The molecule has 0 heterocycles. The number of hydrogen-bond acceptors (Lipinski definition) is 3. The van der Waals surface area contributed by atoms with Gasteiger partial charge in [-0.05, 0) is 65.2 Å². The van der Waals surface area contributed by atoms with Crippen LogP contribution in [0.2, 0.25) is 0 Å². The van der Waals surface area contributed by atoms with E-state index in [2.05, 4.69) is 13.8 Å². The number of carbonyl (C=O) groups excluding carboxylic acids is 1. The number of rotatable bonds is 2. The zero-order valence-electron chi connectivity index (χ0n) is 12.6. The number of carbonyl (C=O) groups is 1. The molecule has 0 amide bonds. The molecule has 105 valence electrons. The van der Waals surface area contributed by atoms with Crippen LogP contribution >= 0.6 is 0 Å². The Balaban J connectivity index is 2.45. The average molecular weight is 255 g/mol. The molecule has 0 aromatic carbocycles. The Bertz CT molecular complexity index is 281. The molecule has 3 nitrogen and oxygen atoms in total. The lowest BCUT2D eigenvalue weighted by atomic mass is 9.75. The highest BCUT2D eigenvalue weighted by molar-refractivity contribution is 5.61. The molecule has 18 heavy (non-hydrogen) atoms. The van der Waals surface area contributed by atoms with Crippen molar-refractivity contribution in [1.82, 2.24) is 0 Å². The molecule has 3 heteroatoms. The molecular formula is C15H27O3. The highest BCUT2D eigenvalue weighted by atomic mass is 16.7. The van der Waals surface area contributed by atoms with Crippen LogP contribution in [0.25, 0.3) is 0 Å². The summed E-state index contributed by atoms with van der Waals surface area (Å²) < 4.78 is 10.7. The van der Waals surface area contributed by atoms with Crippen LogP contribution in [0.15, 0.2) is 0 Å². The van der Waals surface area contributed by atoms with E-state index in [4.69, 9.17) is 9.47 Å². The van der Waals surface area contributed by atoms with Crippen LogP contribution in [0, 0.1) is 11.8 Å². The minimum Gasteiger partial charge on any atom is -0.429 e. The molecule has 0 N–H and O–H groups in total. The van der Waals surface area contributed by atoms with Crippen molar-refractivity contribution in [3.63, 3.8) is 0 Å². The van der Waals surface area contributed by atoms with Gasteiger partial charge in [0.2, 0.25) is 0 Å². The van der Waals surface area contributed by atoms with E-state index in [9.17, 15) is 4.79 Å². The molecule has 1 rings (SSSR count). The summed E-state index contributed by atoms with van der Waals surface area (Å²) in [4.78, 5) is 11.7. The van der Waals surface area contributed by atoms with Crippen LogP contribution in [0.4, 0.5) is 4.79 Å². The van der Waals surface area contributed by atoms with Gasteiger partial charge in [-0.2, -0.15) is 0 Å². The van der Waals surface area contributed by atoms with Gasteiger partial charge in [-0.15, -0.1) is 0 Å². The normalized spacial score (nSPS) is 29.2. The fourth-order valence-electron chi connectivity index (χ4n) is 2.38. The SMILES string of the molecule is C[C](C)C1CCC(C)(OC(=O)OC(C)(C)C)CC1. The van der Waals surface area contributed by atoms with Crippen LogP contribution in [-0.4, -0.2) is 17.4 Å². The topological polar surface area (TPSA) is 35.5 Å². The maximum Gasteiger partial charge on any atom is 0.509 e. The van der Waals surface area contributed by atoms with E-state index in [1.54, 1.807) is 0 Å². The first-order chi connectivity index (χ1) is 8.11. The van der Waals surface area contributed by atoms with E-state index < -0.39 is 11.8 Å². The van der Waals surface area contributed by atoms with Crippen molar-refractivity contribution in [3.05, 3.63) is 5.92 Å². The lowest BCUT2D eigenvalue weighted by Gasteiger charge is -2.38. The molecule has 0 aromatic rings. The van der Waals surface area contributed by atoms with Gasteiger partial charge in [0.25, 0.3) is 0 Å². The average Bonchev–Trinajstić information content (AvgIpc) is 2.13. The first-order valence-electron chi connectivity index (χ1n) is 6.83. The van der Waals surface area contributed by atoms with E-state index in [-0.39, 0.29) is 5.60 Å². The molecule has 1 radical (unpaired) electrons. The monoisotopic (exact) mass is 255 g/mol. The van der Waals surface area contributed by atoms with Crippen molar-refractivity contribution >= 4 is 6.16 Å². The van der Waals surface area contributed by atoms with Crippen molar-refractivity contribution in [2.75, 3.05) is 0 Å². The van der Waals surface area contributed by atoms with Crippen molar-refractivity contribution in [2.24, 2.45) is 5.92 Å². The van der Waals surface area contributed by atoms with Gasteiger partial charge in [0.15, 0.2) is 0 Å². The zero-order valence-corrected chi connectivity index (χ0v) is 12.6. The van der Waals surface area contributed by atoms with E-state index in [0.717, 1.165) is 25.7 Å². The molecule has 0 aromatic heterocycles. The largest absolute Gasteiger partial charge is 0.509 e. The Labute approximate surface area is 111 Å². The van der Waals surface area contributed by atoms with E-state index in [1.165, 1.54) is 5.92 Å². The Morgan fingerprint density at radius 3 is 2.06 bits per heavy atom. The zero-order chi connectivity index (χ0) is 14.0. The maximum absolute atomic E-state index is 11.7. The molecular weight excluding hydrogens is 228 g/mol. The molecule has 1 fully saturated rings. The fourth-order valence-corrected chi connectivity index (χ4v) is 2.38. The molecule has 0 spiro atoms. The molecule has 0 atom stereocenters. The third-order valence-electron chi connectivity index (χ3n) is 3.58. The second-order valence-electron chi connectivity index (χ2n) is 6.87. The van der Waals surface area contributed by atoms with Crippen LogP contribution in [-0.2, 0) is 9.47 Å². The molecule has 1 aliphatic carbocycles. The Morgan fingerprint density at radius 1 is 1.17 bits per heavy atom. The highest BCUT2D eigenvalue weighted by Crippen LogP contribution is 2.38. The van der Waals surface area contributed by atoms with Gasteiger partial charge in [0.1, 0.15) is 11.2 Å². The molecule has 1 saturated carbocycles. The molecule has 0 unspecified atom stereocenters. The van der Waals surface area contributed by atoms with E-state index >= 15 is 0 Å². The summed E-state index contributed by atoms with van der Waals surface area (Å²) in [6.07, 6.45) is 3.49. The van der Waals surface area contributed by atoms with Crippen molar-refractivity contribution in [3.8, 4) is 0 Å². The first-order valence-corrected chi connectivity index (χ1v) is 6.83. The van der Waals surface area contributed by atoms with Crippen LogP contribution < -0.4 is 0 Å². The van der Waals surface area contributed by atoms with E-state index in [1.807, 2.05) is 27.7 Å². The fraction of sp³-hybridized carbons (Fsp3) is 0.867. The predicted octanol–water partition coefficient (Wildman–Crippen LogP) is 4.50. The van der Waals surface area contributed by atoms with Gasteiger partial charge >= 0.3 is 6.16 Å². The maximum atomic E-state index is 11.7. The molecule has 0 bridgehead atoms. The standard InChI is InChI=1S/C15H27O3/c1-11(2)12-7-9-15(6,10-8-12)18-13(16)17-14(3,4)5/h12H,7-10H2,1-6H3. The Hall–Kier alpha value is -0.730. The van der Waals surface area contributed by atoms with Gasteiger partial charge in [-0.3, -0.25) is 0 Å². The highest BCUT2D eigenvalue weighted by Gasteiger charge is 2.36. The Morgan fingerprint density at radius 2 is 1.67 bits per heavy atom. The summed E-state index contributed by atoms with van der Waals surface area (Å²) in [7, 11) is 0. The third kappa shape index (κ3) is 4.87. The van der Waals surface area contributed by atoms with Gasteiger partial charge in [0.05, 0.1) is 0 Å². The second kappa shape index (κ2) is 5.50. The summed E-state index contributed by atoms with van der Waals surface area (Å²) in [5.41, 5.74) is -0.841. The predicted molar refractivity (Wildman–Crippen MR) is 72.3 cm³/mol.